The number of ether oxygens (including phenoxy) is 2. The summed E-state index contributed by atoms with van der Waals surface area (Å²) in [6.45, 7) is -1.54. The number of hydrogen-bond donors (Lipinski definition) is 0. The molecule has 0 N–H and O–H groups in total. The van der Waals surface area contributed by atoms with Gasteiger partial charge in [-0.3, -0.25) is 14.5 Å². The monoisotopic (exact) mass is 541 g/mol. The van der Waals surface area contributed by atoms with Crippen LogP contribution in [0.15, 0.2) is 22.1 Å². The number of hydrogen-bond acceptors (Lipinski definition) is 6. The number of amides is 2. The lowest BCUT2D eigenvalue weighted by atomic mass is 10.1. The number of nitrogens with zero attached hydrogens (tertiary/aromatic N) is 3. The van der Waals surface area contributed by atoms with Crippen molar-refractivity contribution in [1.29, 1.82) is 0 Å². The van der Waals surface area contributed by atoms with Crippen LogP contribution in [0, 0.1) is 0 Å². The van der Waals surface area contributed by atoms with Crippen LogP contribution < -0.4 is 14.4 Å². The van der Waals surface area contributed by atoms with Crippen LogP contribution >= 0.6 is 38.9 Å². The van der Waals surface area contributed by atoms with Gasteiger partial charge in [-0.05, 0) is 22.4 Å². The van der Waals surface area contributed by atoms with Gasteiger partial charge in [0.2, 0.25) is 5.91 Å². The van der Waals surface area contributed by atoms with E-state index in [4.69, 9.17) is 21.1 Å². The molecule has 1 aromatic heterocycles. The van der Waals surface area contributed by atoms with Crippen LogP contribution in [0.25, 0.3) is 0 Å². The zero-order valence-electron chi connectivity index (χ0n) is 16.2. The molecule has 3 rings (SSSR count). The Hall–Kier alpha value is -2.05. The standard InChI is InChI=1S/C18H16BrClF3N3O4S/c1-29-10-5-9(6-11(7-10)30-2)26(16(28)13-14(20)31-17(19)24-13)12-3-4-25(15(12)27)8-18(21,22)23/h5-7,12H,3-4,8H2,1-2H3. The van der Waals surface area contributed by atoms with Gasteiger partial charge in [-0.25, -0.2) is 4.98 Å². The molecule has 1 aromatic carbocycles. The Morgan fingerprint density at radius 1 is 1.32 bits per heavy atom. The SMILES string of the molecule is COc1cc(OC)cc(N(C(=O)c2nc(Br)sc2Cl)C2CCN(CC(F)(F)F)C2=O)c1. The van der Waals surface area contributed by atoms with Gasteiger partial charge in [-0.15, -0.1) is 0 Å². The maximum atomic E-state index is 13.4. The minimum atomic E-state index is -4.55. The summed E-state index contributed by atoms with van der Waals surface area (Å²) in [5.74, 6) is -0.891. The van der Waals surface area contributed by atoms with E-state index in [1.807, 2.05) is 0 Å². The molecule has 0 saturated carbocycles. The van der Waals surface area contributed by atoms with Gasteiger partial charge in [-0.1, -0.05) is 22.9 Å². The van der Waals surface area contributed by atoms with Crippen LogP contribution in [0.1, 0.15) is 16.9 Å². The number of halogens is 5. The van der Waals surface area contributed by atoms with Crippen molar-refractivity contribution < 1.29 is 32.2 Å². The van der Waals surface area contributed by atoms with E-state index in [9.17, 15) is 22.8 Å². The minimum Gasteiger partial charge on any atom is -0.497 e. The molecule has 2 amide bonds. The fourth-order valence-corrected chi connectivity index (χ4v) is 5.03. The van der Waals surface area contributed by atoms with E-state index in [2.05, 4.69) is 20.9 Å². The number of alkyl halides is 3. The molecule has 1 saturated heterocycles. The van der Waals surface area contributed by atoms with Gasteiger partial charge in [-0.2, -0.15) is 13.2 Å². The number of thiazole rings is 1. The summed E-state index contributed by atoms with van der Waals surface area (Å²) < 4.78 is 49.5. The van der Waals surface area contributed by atoms with Gasteiger partial charge in [0.1, 0.15) is 28.4 Å². The number of benzene rings is 1. The number of aromatic nitrogens is 1. The minimum absolute atomic E-state index is 0.00308. The Morgan fingerprint density at radius 2 is 1.94 bits per heavy atom. The zero-order valence-corrected chi connectivity index (χ0v) is 19.4. The summed E-state index contributed by atoms with van der Waals surface area (Å²) in [7, 11) is 2.82. The van der Waals surface area contributed by atoms with E-state index in [1.54, 1.807) is 6.07 Å². The highest BCUT2D eigenvalue weighted by atomic mass is 79.9. The number of anilines is 1. The first-order valence-corrected chi connectivity index (χ1v) is 10.8. The van der Waals surface area contributed by atoms with E-state index in [0.29, 0.717) is 20.3 Å². The van der Waals surface area contributed by atoms with Crippen LogP contribution in [-0.2, 0) is 4.79 Å². The van der Waals surface area contributed by atoms with Crippen LogP contribution in [0.5, 0.6) is 11.5 Å². The molecule has 13 heteroatoms. The smallest absolute Gasteiger partial charge is 0.406 e. The number of rotatable bonds is 6. The Morgan fingerprint density at radius 3 is 2.42 bits per heavy atom. The lowest BCUT2D eigenvalue weighted by Crippen LogP contribution is -2.47. The molecule has 0 radical (unpaired) electrons. The number of likely N-dealkylation sites (tertiary alicyclic amines) is 1. The second-order valence-electron chi connectivity index (χ2n) is 6.51. The van der Waals surface area contributed by atoms with Crippen molar-refractivity contribution in [2.75, 3.05) is 32.2 Å². The Kier molecular flexibility index (Phi) is 7.01. The molecule has 1 atom stereocenters. The lowest BCUT2D eigenvalue weighted by Gasteiger charge is -2.28. The molecule has 0 spiro atoms. The van der Waals surface area contributed by atoms with Gasteiger partial charge in [0.15, 0.2) is 9.61 Å². The van der Waals surface area contributed by atoms with Crippen molar-refractivity contribution in [3.8, 4) is 11.5 Å². The molecule has 1 aliphatic heterocycles. The fraction of sp³-hybridized carbons (Fsp3) is 0.389. The topological polar surface area (TPSA) is 72.0 Å². The van der Waals surface area contributed by atoms with Crippen molar-refractivity contribution >= 4 is 56.4 Å². The molecule has 31 heavy (non-hydrogen) atoms. The van der Waals surface area contributed by atoms with Crippen molar-refractivity contribution in [3.63, 3.8) is 0 Å². The largest absolute Gasteiger partial charge is 0.497 e. The van der Waals surface area contributed by atoms with Crippen molar-refractivity contribution in [2.45, 2.75) is 18.6 Å². The highest BCUT2D eigenvalue weighted by Gasteiger charge is 2.44. The molecule has 1 fully saturated rings. The third-order valence-corrected chi connectivity index (χ3v) is 6.25. The molecule has 1 aliphatic rings. The number of carbonyl (C=O) groups excluding carboxylic acids is 2. The summed E-state index contributed by atoms with van der Waals surface area (Å²) in [4.78, 5) is 32.1. The maximum Gasteiger partial charge on any atom is 0.406 e. The van der Waals surface area contributed by atoms with Crippen molar-refractivity contribution in [2.24, 2.45) is 0 Å². The predicted octanol–water partition coefficient (Wildman–Crippen LogP) is 4.39. The van der Waals surface area contributed by atoms with Crippen LogP contribution in [0.2, 0.25) is 4.34 Å². The van der Waals surface area contributed by atoms with Crippen LogP contribution in [-0.4, -0.2) is 61.2 Å². The van der Waals surface area contributed by atoms with E-state index in [-0.39, 0.29) is 28.7 Å². The number of methoxy groups -OCH3 is 2. The van der Waals surface area contributed by atoms with E-state index < -0.39 is 30.6 Å². The Labute approximate surface area is 192 Å². The van der Waals surface area contributed by atoms with E-state index in [0.717, 1.165) is 16.2 Å². The van der Waals surface area contributed by atoms with Gasteiger partial charge >= 0.3 is 6.18 Å². The third-order valence-electron chi connectivity index (χ3n) is 4.55. The summed E-state index contributed by atoms with van der Waals surface area (Å²) in [6, 6.07) is 3.35. The normalized spacial score (nSPS) is 16.5. The average Bonchev–Trinajstić information content (AvgIpc) is 3.22. The summed E-state index contributed by atoms with van der Waals surface area (Å²) in [5, 5.41) is 0. The third kappa shape index (κ3) is 5.24. The quantitative estimate of drug-likeness (QED) is 0.542. The van der Waals surface area contributed by atoms with Gasteiger partial charge < -0.3 is 14.4 Å². The van der Waals surface area contributed by atoms with Crippen LogP contribution in [0.3, 0.4) is 0 Å². The summed E-state index contributed by atoms with van der Waals surface area (Å²) in [6.07, 6.45) is -4.55. The summed E-state index contributed by atoms with van der Waals surface area (Å²) in [5.41, 5.74) is 0.0796. The van der Waals surface area contributed by atoms with E-state index >= 15 is 0 Å². The molecular weight excluding hydrogens is 527 g/mol. The van der Waals surface area contributed by atoms with Crippen LogP contribution in [0.4, 0.5) is 18.9 Å². The predicted molar refractivity (Wildman–Crippen MR) is 112 cm³/mol. The second-order valence-corrected chi connectivity index (χ2v) is 9.39. The number of carbonyl (C=O) groups is 2. The molecular formula is C18H16BrClF3N3O4S. The fourth-order valence-electron chi connectivity index (χ4n) is 3.23. The first-order chi connectivity index (χ1) is 14.5. The molecule has 0 aliphatic carbocycles. The Bertz CT molecular complexity index is 982. The summed E-state index contributed by atoms with van der Waals surface area (Å²) >= 11 is 10.3. The Balaban J connectivity index is 2.07. The first-order valence-electron chi connectivity index (χ1n) is 8.78. The lowest BCUT2D eigenvalue weighted by molar-refractivity contribution is -0.157. The molecule has 0 bridgehead atoms. The zero-order chi connectivity index (χ0) is 22.9. The second kappa shape index (κ2) is 9.21. The van der Waals surface area contributed by atoms with Crippen molar-refractivity contribution in [1.82, 2.24) is 9.88 Å². The molecule has 2 heterocycles. The molecule has 168 valence electrons. The molecule has 1 unspecified atom stereocenters. The molecule has 7 nitrogen and oxygen atoms in total. The van der Waals surface area contributed by atoms with Crippen molar-refractivity contribution in [3.05, 3.63) is 32.1 Å². The van der Waals surface area contributed by atoms with E-state index in [1.165, 1.54) is 26.4 Å². The van der Waals surface area contributed by atoms with Gasteiger partial charge in [0.05, 0.1) is 19.9 Å². The highest BCUT2D eigenvalue weighted by molar-refractivity contribution is 9.11. The van der Waals surface area contributed by atoms with Gasteiger partial charge in [0, 0.05) is 24.7 Å². The van der Waals surface area contributed by atoms with Gasteiger partial charge in [0.25, 0.3) is 5.91 Å². The first kappa shape index (κ1) is 23.6. The average molecular weight is 543 g/mol. The highest BCUT2D eigenvalue weighted by Crippen LogP contribution is 2.36. The maximum absolute atomic E-state index is 13.4. The molecule has 2 aromatic rings.